The summed E-state index contributed by atoms with van der Waals surface area (Å²) in [4.78, 5) is 29.1. The van der Waals surface area contributed by atoms with E-state index in [1.807, 2.05) is 50.2 Å². The van der Waals surface area contributed by atoms with Crippen molar-refractivity contribution in [3.8, 4) is 0 Å². The van der Waals surface area contributed by atoms with Crippen LogP contribution in [0.4, 0.5) is 10.1 Å². The van der Waals surface area contributed by atoms with Gasteiger partial charge in [0.05, 0.1) is 5.69 Å². The molecule has 0 heterocycles. The van der Waals surface area contributed by atoms with Crippen molar-refractivity contribution in [2.24, 2.45) is 0 Å². The van der Waals surface area contributed by atoms with E-state index in [1.165, 1.54) is 25.1 Å². The summed E-state index contributed by atoms with van der Waals surface area (Å²) in [5.41, 5.74) is 2.86. The van der Waals surface area contributed by atoms with Gasteiger partial charge in [-0.1, -0.05) is 67.6 Å². The van der Waals surface area contributed by atoms with Gasteiger partial charge in [-0.05, 0) is 49.1 Å². The molecule has 220 valence electrons. The molecule has 0 aliphatic heterocycles. The van der Waals surface area contributed by atoms with E-state index in [2.05, 4.69) is 5.32 Å². The van der Waals surface area contributed by atoms with Crippen molar-refractivity contribution in [3.05, 3.63) is 101 Å². The molecule has 3 aromatic rings. The average molecular weight is 583 g/mol. The molecule has 0 bridgehead atoms. The van der Waals surface area contributed by atoms with E-state index in [0.717, 1.165) is 19.7 Å². The third-order valence-electron chi connectivity index (χ3n) is 6.77. The molecule has 0 aliphatic carbocycles. The Morgan fingerprint density at radius 2 is 1.61 bits per heavy atom. The van der Waals surface area contributed by atoms with Crippen LogP contribution in [-0.2, 0) is 32.8 Å². The molecule has 0 radical (unpaired) electrons. The lowest BCUT2D eigenvalue weighted by molar-refractivity contribution is -0.140. The van der Waals surface area contributed by atoms with E-state index in [-0.39, 0.29) is 18.5 Å². The third kappa shape index (κ3) is 8.14. The molecule has 0 fully saturated rings. The molecule has 41 heavy (non-hydrogen) atoms. The van der Waals surface area contributed by atoms with Crippen LogP contribution in [0.1, 0.15) is 35.6 Å². The number of rotatable bonds is 13. The SMILES string of the molecule is CCCNC(=O)[C@@H](Cc1ccccc1)N(Cc1ccccc1F)C(=O)CN(c1cc(C)ccc1C)S(=O)(=O)N(C)C. The highest BCUT2D eigenvalue weighted by molar-refractivity contribution is 7.90. The number of nitrogens with one attached hydrogen (secondary N) is 1. The Morgan fingerprint density at radius 3 is 2.24 bits per heavy atom. The Kier molecular flexibility index (Phi) is 11.0. The van der Waals surface area contributed by atoms with Gasteiger partial charge in [0.1, 0.15) is 18.4 Å². The Morgan fingerprint density at radius 1 is 0.951 bits per heavy atom. The van der Waals surface area contributed by atoms with Gasteiger partial charge in [0, 0.05) is 39.2 Å². The fraction of sp³-hybridized carbons (Fsp3) is 0.355. The van der Waals surface area contributed by atoms with Crippen LogP contribution in [0.5, 0.6) is 0 Å². The van der Waals surface area contributed by atoms with Crippen LogP contribution in [0.25, 0.3) is 0 Å². The molecule has 1 atom stereocenters. The number of carbonyl (C=O) groups is 2. The zero-order valence-electron chi connectivity index (χ0n) is 24.3. The number of nitrogens with zero attached hydrogens (tertiary/aromatic N) is 3. The van der Waals surface area contributed by atoms with Gasteiger partial charge in [0.25, 0.3) is 0 Å². The van der Waals surface area contributed by atoms with Crippen LogP contribution in [0, 0.1) is 19.7 Å². The third-order valence-corrected chi connectivity index (χ3v) is 8.58. The summed E-state index contributed by atoms with van der Waals surface area (Å²) in [5, 5.41) is 2.87. The predicted octanol–water partition coefficient (Wildman–Crippen LogP) is 4.22. The number of amides is 2. The highest BCUT2D eigenvalue weighted by atomic mass is 32.2. The number of benzene rings is 3. The Balaban J connectivity index is 2.13. The summed E-state index contributed by atoms with van der Waals surface area (Å²) in [5.74, 6) is -1.55. The summed E-state index contributed by atoms with van der Waals surface area (Å²) in [7, 11) is -1.33. The van der Waals surface area contributed by atoms with Gasteiger partial charge in [0.15, 0.2) is 0 Å². The molecule has 8 nitrogen and oxygen atoms in total. The minimum atomic E-state index is -4.12. The number of carbonyl (C=O) groups excluding carboxylic acids is 2. The standard InChI is InChI=1S/C31H39FN4O4S/c1-6-18-33-31(38)29(20-25-12-8-7-9-13-25)35(21-26-14-10-11-15-27(26)32)30(37)22-36(41(39,40)34(4)5)28-19-23(2)16-17-24(28)3/h7-17,19,29H,6,18,20-22H2,1-5H3,(H,33,38)/t29-/m1/s1. The van der Waals surface area contributed by atoms with Gasteiger partial charge < -0.3 is 10.2 Å². The van der Waals surface area contributed by atoms with Gasteiger partial charge in [-0.2, -0.15) is 12.7 Å². The molecule has 0 aromatic heterocycles. The lowest BCUT2D eigenvalue weighted by Crippen LogP contribution is -2.54. The first-order chi connectivity index (χ1) is 19.4. The summed E-state index contributed by atoms with van der Waals surface area (Å²) in [6.07, 6.45) is 0.854. The molecule has 0 spiro atoms. The molecule has 0 aliphatic rings. The van der Waals surface area contributed by atoms with E-state index in [4.69, 9.17) is 0 Å². The van der Waals surface area contributed by atoms with E-state index < -0.39 is 40.4 Å². The van der Waals surface area contributed by atoms with Crippen molar-refractivity contribution < 1.29 is 22.4 Å². The van der Waals surface area contributed by atoms with Crippen LogP contribution in [-0.4, -0.2) is 62.7 Å². The molecule has 3 aromatic carbocycles. The summed E-state index contributed by atoms with van der Waals surface area (Å²) < 4.78 is 44.1. The first-order valence-corrected chi connectivity index (χ1v) is 15.0. The maximum Gasteiger partial charge on any atom is 0.304 e. The minimum Gasteiger partial charge on any atom is -0.354 e. The zero-order chi connectivity index (χ0) is 30.2. The Labute approximate surface area is 243 Å². The van der Waals surface area contributed by atoms with Crippen molar-refractivity contribution in [2.45, 2.75) is 46.2 Å². The highest BCUT2D eigenvalue weighted by Gasteiger charge is 2.35. The quantitative estimate of drug-likeness (QED) is 0.327. The van der Waals surface area contributed by atoms with Crippen molar-refractivity contribution in [1.29, 1.82) is 0 Å². The summed E-state index contributed by atoms with van der Waals surface area (Å²) in [6, 6.07) is 19.6. The molecule has 0 saturated carbocycles. The zero-order valence-corrected chi connectivity index (χ0v) is 25.1. The number of anilines is 1. The van der Waals surface area contributed by atoms with E-state index in [1.54, 1.807) is 37.3 Å². The molecule has 0 saturated heterocycles. The molecule has 2 amide bonds. The highest BCUT2D eigenvalue weighted by Crippen LogP contribution is 2.26. The van der Waals surface area contributed by atoms with Crippen molar-refractivity contribution in [1.82, 2.24) is 14.5 Å². The molecule has 0 unspecified atom stereocenters. The lowest BCUT2D eigenvalue weighted by atomic mass is 10.0. The fourth-order valence-electron chi connectivity index (χ4n) is 4.42. The van der Waals surface area contributed by atoms with Crippen LogP contribution in [0.15, 0.2) is 72.8 Å². The number of hydrogen-bond acceptors (Lipinski definition) is 4. The number of hydrogen-bond donors (Lipinski definition) is 1. The average Bonchev–Trinajstić information content (AvgIpc) is 2.94. The predicted molar refractivity (Wildman–Crippen MR) is 160 cm³/mol. The van der Waals surface area contributed by atoms with Crippen LogP contribution in [0.2, 0.25) is 0 Å². The molecular formula is C31H39FN4O4S. The second-order valence-corrected chi connectivity index (χ2v) is 12.3. The Hall–Kier alpha value is -3.76. The number of halogens is 1. The molecule has 10 heteroatoms. The minimum absolute atomic E-state index is 0.167. The van der Waals surface area contributed by atoms with Crippen LogP contribution < -0.4 is 9.62 Å². The van der Waals surface area contributed by atoms with Gasteiger partial charge >= 0.3 is 10.2 Å². The maximum absolute atomic E-state index is 14.9. The Bertz CT molecular complexity index is 1450. The first kappa shape index (κ1) is 31.8. The topological polar surface area (TPSA) is 90.0 Å². The van der Waals surface area contributed by atoms with Crippen LogP contribution >= 0.6 is 0 Å². The number of aryl methyl sites for hydroxylation is 2. The summed E-state index contributed by atoms with van der Waals surface area (Å²) >= 11 is 0. The van der Waals surface area contributed by atoms with Gasteiger partial charge in [0.2, 0.25) is 11.8 Å². The normalized spacial score (nSPS) is 12.2. The van der Waals surface area contributed by atoms with Gasteiger partial charge in [-0.25, -0.2) is 8.70 Å². The van der Waals surface area contributed by atoms with Gasteiger partial charge in [-0.3, -0.25) is 9.59 Å². The smallest absolute Gasteiger partial charge is 0.304 e. The second kappa shape index (κ2) is 14.2. The summed E-state index contributed by atoms with van der Waals surface area (Å²) in [6.45, 7) is 5.13. The maximum atomic E-state index is 14.9. The molecular weight excluding hydrogens is 543 g/mol. The van der Waals surface area contributed by atoms with Crippen LogP contribution in [0.3, 0.4) is 0 Å². The molecule has 3 rings (SSSR count). The van der Waals surface area contributed by atoms with Crippen molar-refractivity contribution in [2.75, 3.05) is 31.5 Å². The van der Waals surface area contributed by atoms with Gasteiger partial charge in [-0.15, -0.1) is 0 Å². The molecule has 1 N–H and O–H groups in total. The van der Waals surface area contributed by atoms with E-state index in [9.17, 15) is 22.4 Å². The first-order valence-electron chi connectivity index (χ1n) is 13.6. The van der Waals surface area contributed by atoms with E-state index in [0.29, 0.717) is 24.2 Å². The van der Waals surface area contributed by atoms with Crippen molar-refractivity contribution in [3.63, 3.8) is 0 Å². The lowest BCUT2D eigenvalue weighted by Gasteiger charge is -2.35. The second-order valence-electron chi connectivity index (χ2n) is 10.2. The van der Waals surface area contributed by atoms with Crippen molar-refractivity contribution >= 4 is 27.7 Å². The fourth-order valence-corrected chi connectivity index (χ4v) is 5.53. The largest absolute Gasteiger partial charge is 0.354 e. The monoisotopic (exact) mass is 582 g/mol. The van der Waals surface area contributed by atoms with E-state index >= 15 is 0 Å².